The average molecular weight is 236 g/mol. The Morgan fingerprint density at radius 1 is 1.29 bits per heavy atom. The lowest BCUT2D eigenvalue weighted by atomic mass is 9.51. The molecule has 0 aromatic rings. The number of allylic oxidation sites excluding steroid dienone is 2. The van der Waals surface area contributed by atoms with Crippen molar-refractivity contribution in [1.82, 2.24) is 0 Å². The van der Waals surface area contributed by atoms with Crippen LogP contribution in [0.15, 0.2) is 11.6 Å². The summed E-state index contributed by atoms with van der Waals surface area (Å²) in [7, 11) is 0. The molecule has 1 aliphatic heterocycles. The van der Waals surface area contributed by atoms with Crippen LogP contribution < -0.4 is 0 Å². The largest absolute Gasteiger partial charge is 0.368 e. The Morgan fingerprint density at radius 3 is 2.82 bits per heavy atom. The van der Waals surface area contributed by atoms with Crippen molar-refractivity contribution < 1.29 is 9.84 Å². The summed E-state index contributed by atoms with van der Waals surface area (Å²) in [5, 5.41) is 9.91. The fourth-order valence-corrected chi connectivity index (χ4v) is 4.67. The van der Waals surface area contributed by atoms with Gasteiger partial charge in [0.2, 0.25) is 0 Å². The van der Waals surface area contributed by atoms with Gasteiger partial charge in [0.1, 0.15) is 0 Å². The molecule has 96 valence electrons. The molecule has 2 fully saturated rings. The number of hydrogen-bond acceptors (Lipinski definition) is 2. The van der Waals surface area contributed by atoms with Crippen molar-refractivity contribution in [2.75, 3.05) is 6.61 Å². The molecule has 0 unspecified atom stereocenters. The minimum absolute atomic E-state index is 0.266. The lowest BCUT2D eigenvalue weighted by molar-refractivity contribution is -0.0824. The lowest BCUT2D eigenvalue weighted by Gasteiger charge is -2.52. The normalized spacial score (nSPS) is 48.2. The molecule has 1 heterocycles. The number of hydrogen-bond donors (Lipinski definition) is 1. The van der Waals surface area contributed by atoms with Gasteiger partial charge in [-0.2, -0.15) is 0 Å². The van der Waals surface area contributed by atoms with Crippen molar-refractivity contribution in [3.63, 3.8) is 0 Å². The molecule has 4 atom stereocenters. The van der Waals surface area contributed by atoms with Crippen molar-refractivity contribution in [3.8, 4) is 0 Å². The Labute approximate surface area is 104 Å². The zero-order valence-corrected chi connectivity index (χ0v) is 11.2. The van der Waals surface area contributed by atoms with Crippen LogP contribution in [0.4, 0.5) is 0 Å². The van der Waals surface area contributed by atoms with E-state index in [1.807, 2.05) is 0 Å². The van der Waals surface area contributed by atoms with Gasteiger partial charge in [-0.15, -0.1) is 0 Å². The Hall–Kier alpha value is -0.340. The third-order valence-corrected chi connectivity index (χ3v) is 5.58. The fourth-order valence-electron chi connectivity index (χ4n) is 4.67. The molecular weight excluding hydrogens is 212 g/mol. The molecule has 0 bridgehead atoms. The smallest absolute Gasteiger partial charge is 0.158 e. The Balaban J connectivity index is 2.02. The second kappa shape index (κ2) is 3.58. The zero-order valence-electron chi connectivity index (χ0n) is 11.2. The van der Waals surface area contributed by atoms with E-state index in [2.05, 4.69) is 26.8 Å². The van der Waals surface area contributed by atoms with E-state index in [9.17, 15) is 5.11 Å². The van der Waals surface area contributed by atoms with Gasteiger partial charge in [-0.1, -0.05) is 38.8 Å². The predicted octanol–water partition coefficient (Wildman–Crippen LogP) is 3.11. The highest BCUT2D eigenvalue weighted by molar-refractivity contribution is 5.28. The molecule has 1 N–H and O–H groups in total. The van der Waals surface area contributed by atoms with Crippen LogP contribution in [0, 0.1) is 22.7 Å². The van der Waals surface area contributed by atoms with Gasteiger partial charge in [0, 0.05) is 5.92 Å². The third kappa shape index (κ3) is 1.53. The SMILES string of the molecule is CC1(C)CCC[C@@]2(C)C1=CC[C@@H]1[C@@H](O)OC[C@@H]12. The molecule has 0 radical (unpaired) electrons. The molecule has 0 amide bonds. The second-order valence-corrected chi connectivity index (χ2v) is 7.00. The van der Waals surface area contributed by atoms with E-state index in [1.54, 1.807) is 5.57 Å². The van der Waals surface area contributed by atoms with Crippen LogP contribution in [0.5, 0.6) is 0 Å². The molecule has 17 heavy (non-hydrogen) atoms. The van der Waals surface area contributed by atoms with Crippen molar-refractivity contribution in [3.05, 3.63) is 11.6 Å². The van der Waals surface area contributed by atoms with Gasteiger partial charge in [0.25, 0.3) is 0 Å². The highest BCUT2D eigenvalue weighted by Gasteiger charge is 2.54. The molecule has 0 spiro atoms. The van der Waals surface area contributed by atoms with E-state index >= 15 is 0 Å². The molecule has 3 aliphatic rings. The maximum atomic E-state index is 9.91. The average Bonchev–Trinajstić information content (AvgIpc) is 2.60. The minimum Gasteiger partial charge on any atom is -0.368 e. The van der Waals surface area contributed by atoms with Crippen molar-refractivity contribution in [2.45, 2.75) is 52.7 Å². The highest BCUT2D eigenvalue weighted by atomic mass is 16.6. The number of rotatable bonds is 0. The first kappa shape index (κ1) is 11.7. The molecule has 1 saturated carbocycles. The molecule has 2 nitrogen and oxygen atoms in total. The van der Waals surface area contributed by atoms with Gasteiger partial charge in [0.15, 0.2) is 6.29 Å². The van der Waals surface area contributed by atoms with E-state index in [1.165, 1.54) is 19.3 Å². The van der Waals surface area contributed by atoms with E-state index in [0.29, 0.717) is 17.3 Å². The molecule has 1 saturated heterocycles. The Bertz CT molecular complexity index is 358. The summed E-state index contributed by atoms with van der Waals surface area (Å²) in [6, 6.07) is 0. The molecule has 3 rings (SSSR count). The first-order chi connectivity index (χ1) is 7.95. The summed E-state index contributed by atoms with van der Waals surface area (Å²) in [6.07, 6.45) is 6.76. The summed E-state index contributed by atoms with van der Waals surface area (Å²) in [5.74, 6) is 0.856. The number of fused-ring (bicyclic) bond motifs is 3. The summed E-state index contributed by atoms with van der Waals surface area (Å²) in [6.45, 7) is 7.90. The van der Waals surface area contributed by atoms with Crippen LogP contribution >= 0.6 is 0 Å². The lowest BCUT2D eigenvalue weighted by Crippen LogP contribution is -2.45. The Kier molecular flexibility index (Phi) is 2.47. The van der Waals surface area contributed by atoms with Crippen molar-refractivity contribution in [2.24, 2.45) is 22.7 Å². The number of ether oxygens (including phenoxy) is 1. The van der Waals surface area contributed by atoms with Gasteiger partial charge < -0.3 is 9.84 Å². The highest BCUT2D eigenvalue weighted by Crippen LogP contribution is 2.60. The van der Waals surface area contributed by atoms with Crippen LogP contribution in [-0.2, 0) is 4.74 Å². The maximum absolute atomic E-state index is 9.91. The molecule has 0 aromatic heterocycles. The first-order valence-electron chi connectivity index (χ1n) is 6.96. The number of aliphatic hydroxyl groups is 1. The van der Waals surface area contributed by atoms with Crippen LogP contribution in [0.25, 0.3) is 0 Å². The second-order valence-electron chi connectivity index (χ2n) is 7.00. The minimum atomic E-state index is -0.528. The van der Waals surface area contributed by atoms with Gasteiger partial charge in [0.05, 0.1) is 6.61 Å². The fraction of sp³-hybridized carbons (Fsp3) is 0.867. The molecular formula is C15H24O2. The standard InChI is InChI=1S/C15H24O2/c1-14(2)7-4-8-15(3)11-9-17-13(16)10(11)5-6-12(14)15/h6,10-11,13,16H,4-5,7-9H2,1-3H3/t10-,11-,13-,15+/m0/s1. The van der Waals surface area contributed by atoms with Gasteiger partial charge in [-0.25, -0.2) is 0 Å². The van der Waals surface area contributed by atoms with E-state index in [-0.39, 0.29) is 5.41 Å². The monoisotopic (exact) mass is 236 g/mol. The van der Waals surface area contributed by atoms with Crippen LogP contribution in [0.2, 0.25) is 0 Å². The summed E-state index contributed by atoms with van der Waals surface area (Å²) >= 11 is 0. The molecule has 2 heteroatoms. The molecule has 2 aliphatic carbocycles. The van der Waals surface area contributed by atoms with Crippen LogP contribution in [0.3, 0.4) is 0 Å². The summed E-state index contributed by atoms with van der Waals surface area (Å²) < 4.78 is 5.50. The first-order valence-corrected chi connectivity index (χ1v) is 6.96. The zero-order chi connectivity index (χ0) is 12.3. The van der Waals surface area contributed by atoms with E-state index in [0.717, 1.165) is 13.0 Å². The van der Waals surface area contributed by atoms with Crippen molar-refractivity contribution >= 4 is 0 Å². The van der Waals surface area contributed by atoms with Crippen molar-refractivity contribution in [1.29, 1.82) is 0 Å². The topological polar surface area (TPSA) is 29.5 Å². The quantitative estimate of drug-likeness (QED) is 0.655. The summed E-state index contributed by atoms with van der Waals surface area (Å²) in [4.78, 5) is 0. The summed E-state index contributed by atoms with van der Waals surface area (Å²) in [5.41, 5.74) is 2.24. The maximum Gasteiger partial charge on any atom is 0.158 e. The van der Waals surface area contributed by atoms with Crippen LogP contribution in [-0.4, -0.2) is 18.0 Å². The van der Waals surface area contributed by atoms with Gasteiger partial charge in [-0.05, 0) is 36.0 Å². The van der Waals surface area contributed by atoms with Crippen LogP contribution in [0.1, 0.15) is 46.5 Å². The van der Waals surface area contributed by atoms with Gasteiger partial charge >= 0.3 is 0 Å². The predicted molar refractivity (Wildman–Crippen MR) is 67.4 cm³/mol. The van der Waals surface area contributed by atoms with E-state index < -0.39 is 6.29 Å². The molecule has 0 aromatic carbocycles. The number of aliphatic hydroxyl groups excluding tert-OH is 1. The Morgan fingerprint density at radius 2 is 2.06 bits per heavy atom. The van der Waals surface area contributed by atoms with Gasteiger partial charge in [-0.3, -0.25) is 0 Å². The third-order valence-electron chi connectivity index (χ3n) is 5.58. The van der Waals surface area contributed by atoms with E-state index in [4.69, 9.17) is 4.74 Å².